The number of nitrogens with two attached hydrogens (primary N) is 1. The van der Waals surface area contributed by atoms with Crippen LogP contribution in [0.3, 0.4) is 0 Å². The van der Waals surface area contributed by atoms with Crippen molar-refractivity contribution in [1.29, 1.82) is 0 Å². The van der Waals surface area contributed by atoms with Crippen LogP contribution in [-0.4, -0.2) is 40.4 Å². The SMILES string of the molecule is C=C(CCC[C@H](CC)NCc1ccncc1)C[C@@]1(CCC2CCCCC2)N=C(N)N(C)C1=O. The van der Waals surface area contributed by atoms with Crippen LogP contribution in [0.2, 0.25) is 0 Å². The maximum absolute atomic E-state index is 13.2. The van der Waals surface area contributed by atoms with Crippen molar-refractivity contribution in [3.8, 4) is 0 Å². The molecule has 2 heterocycles. The lowest BCUT2D eigenvalue weighted by Crippen LogP contribution is -2.42. The highest BCUT2D eigenvalue weighted by Gasteiger charge is 2.46. The number of carbonyl (C=O) groups excluding carboxylic acids is 1. The van der Waals surface area contributed by atoms with E-state index >= 15 is 0 Å². The van der Waals surface area contributed by atoms with Gasteiger partial charge in [0.15, 0.2) is 5.96 Å². The summed E-state index contributed by atoms with van der Waals surface area (Å²) < 4.78 is 0. The van der Waals surface area contributed by atoms with Crippen molar-refractivity contribution in [2.75, 3.05) is 7.05 Å². The van der Waals surface area contributed by atoms with Crippen molar-refractivity contribution < 1.29 is 4.79 Å². The summed E-state index contributed by atoms with van der Waals surface area (Å²) in [5, 5.41) is 3.66. The highest BCUT2D eigenvalue weighted by atomic mass is 16.2. The van der Waals surface area contributed by atoms with Crippen LogP contribution in [0.25, 0.3) is 0 Å². The number of pyridine rings is 1. The number of aliphatic imine (C=N–C) groups is 1. The molecule has 1 aromatic heterocycles. The molecule has 0 radical (unpaired) electrons. The Labute approximate surface area is 200 Å². The smallest absolute Gasteiger partial charge is 0.257 e. The van der Waals surface area contributed by atoms with Gasteiger partial charge in [0, 0.05) is 38.4 Å². The van der Waals surface area contributed by atoms with Gasteiger partial charge in [0.1, 0.15) is 5.54 Å². The highest BCUT2D eigenvalue weighted by Crippen LogP contribution is 2.37. The van der Waals surface area contributed by atoms with E-state index in [2.05, 4.69) is 35.9 Å². The van der Waals surface area contributed by atoms with Crippen molar-refractivity contribution in [1.82, 2.24) is 15.2 Å². The van der Waals surface area contributed by atoms with Gasteiger partial charge in [-0.25, -0.2) is 4.99 Å². The number of nitrogens with zero attached hydrogens (tertiary/aromatic N) is 3. The third kappa shape index (κ3) is 7.13. The van der Waals surface area contributed by atoms with Gasteiger partial charge in [-0.3, -0.25) is 14.7 Å². The summed E-state index contributed by atoms with van der Waals surface area (Å²) in [6.45, 7) is 7.44. The molecule has 1 amide bonds. The number of nitrogens with one attached hydrogen (secondary N) is 1. The van der Waals surface area contributed by atoms with Crippen molar-refractivity contribution in [3.63, 3.8) is 0 Å². The van der Waals surface area contributed by atoms with Crippen molar-refractivity contribution in [3.05, 3.63) is 42.2 Å². The zero-order chi connectivity index (χ0) is 23.7. The van der Waals surface area contributed by atoms with E-state index in [1.165, 1.54) is 42.6 Å². The van der Waals surface area contributed by atoms with Crippen molar-refractivity contribution in [2.45, 2.75) is 102 Å². The summed E-state index contributed by atoms with van der Waals surface area (Å²) >= 11 is 0. The standard InChI is InChI=1S/C27H43N5O/c1-4-24(30-20-23-14-17-29-18-15-23)12-8-9-21(2)19-27(25(33)32(3)26(28)31-27)16-13-22-10-6-5-7-11-22/h14-15,17-18,22,24,30H,2,4-13,16,19-20H2,1,3H3,(H2,28,31)/t24-,27+/m0/s1. The van der Waals surface area contributed by atoms with E-state index in [9.17, 15) is 4.79 Å². The summed E-state index contributed by atoms with van der Waals surface area (Å²) in [5.41, 5.74) is 7.71. The molecule has 33 heavy (non-hydrogen) atoms. The van der Waals surface area contributed by atoms with E-state index in [0.717, 1.165) is 56.6 Å². The Hall–Kier alpha value is -2.21. The fraction of sp³-hybridized carbons (Fsp3) is 0.667. The Morgan fingerprint density at radius 2 is 2.03 bits per heavy atom. The fourth-order valence-corrected chi connectivity index (χ4v) is 5.36. The van der Waals surface area contributed by atoms with Crippen LogP contribution in [0, 0.1) is 5.92 Å². The molecule has 0 unspecified atom stereocenters. The average Bonchev–Trinajstić information content (AvgIpc) is 3.04. The van der Waals surface area contributed by atoms with Crippen molar-refractivity contribution >= 4 is 11.9 Å². The average molecular weight is 454 g/mol. The van der Waals surface area contributed by atoms with Crippen LogP contribution in [0.5, 0.6) is 0 Å². The van der Waals surface area contributed by atoms with Gasteiger partial charge in [0.2, 0.25) is 0 Å². The zero-order valence-electron chi connectivity index (χ0n) is 20.7. The van der Waals surface area contributed by atoms with Crippen LogP contribution < -0.4 is 11.1 Å². The molecular weight excluding hydrogens is 410 g/mol. The maximum atomic E-state index is 13.2. The quantitative estimate of drug-likeness (QED) is 0.414. The van der Waals surface area contributed by atoms with Crippen LogP contribution in [-0.2, 0) is 11.3 Å². The number of hydrogen-bond acceptors (Lipinski definition) is 5. The molecule has 182 valence electrons. The molecule has 1 aliphatic carbocycles. The third-order valence-corrected chi connectivity index (χ3v) is 7.53. The molecule has 6 nitrogen and oxygen atoms in total. The largest absolute Gasteiger partial charge is 0.369 e. The monoisotopic (exact) mass is 453 g/mol. The van der Waals surface area contributed by atoms with Gasteiger partial charge in [-0.1, -0.05) is 51.2 Å². The Morgan fingerprint density at radius 1 is 1.30 bits per heavy atom. The molecule has 1 aliphatic heterocycles. The van der Waals surface area contributed by atoms with Gasteiger partial charge >= 0.3 is 0 Å². The molecule has 0 bridgehead atoms. The third-order valence-electron chi connectivity index (χ3n) is 7.53. The van der Waals surface area contributed by atoms with Gasteiger partial charge in [0.25, 0.3) is 5.91 Å². The van der Waals surface area contributed by atoms with E-state index in [-0.39, 0.29) is 5.91 Å². The second-order valence-corrected chi connectivity index (χ2v) is 10.1. The molecule has 1 fully saturated rings. The Bertz CT molecular complexity index is 802. The minimum Gasteiger partial charge on any atom is -0.369 e. The fourth-order valence-electron chi connectivity index (χ4n) is 5.36. The van der Waals surface area contributed by atoms with E-state index in [1.807, 2.05) is 12.4 Å². The van der Waals surface area contributed by atoms with Crippen LogP contribution in [0.4, 0.5) is 0 Å². The summed E-state index contributed by atoms with van der Waals surface area (Å²) in [6.07, 6.45) is 16.8. The van der Waals surface area contributed by atoms with Gasteiger partial charge in [0.05, 0.1) is 0 Å². The van der Waals surface area contributed by atoms with Crippen LogP contribution in [0.1, 0.15) is 89.5 Å². The van der Waals surface area contributed by atoms with E-state index in [0.29, 0.717) is 18.4 Å². The number of carbonyl (C=O) groups is 1. The van der Waals surface area contributed by atoms with Crippen molar-refractivity contribution in [2.24, 2.45) is 16.6 Å². The summed E-state index contributed by atoms with van der Waals surface area (Å²) in [4.78, 5) is 23.5. The lowest BCUT2D eigenvalue weighted by Gasteiger charge is -2.29. The Morgan fingerprint density at radius 3 is 2.67 bits per heavy atom. The zero-order valence-corrected chi connectivity index (χ0v) is 20.7. The number of guanidine groups is 1. The minimum absolute atomic E-state index is 0.0439. The summed E-state index contributed by atoms with van der Waals surface area (Å²) in [5.74, 6) is 1.11. The first-order chi connectivity index (χ1) is 15.9. The highest BCUT2D eigenvalue weighted by molar-refractivity contribution is 6.06. The van der Waals surface area contributed by atoms with Crippen LogP contribution >= 0.6 is 0 Å². The molecule has 2 atom stereocenters. The lowest BCUT2D eigenvalue weighted by atomic mass is 9.79. The van der Waals surface area contributed by atoms with E-state index < -0.39 is 5.54 Å². The van der Waals surface area contributed by atoms with E-state index in [4.69, 9.17) is 10.7 Å². The minimum atomic E-state index is -0.739. The molecule has 1 aromatic rings. The first-order valence-electron chi connectivity index (χ1n) is 12.9. The maximum Gasteiger partial charge on any atom is 0.257 e. The molecule has 0 aromatic carbocycles. The molecule has 3 N–H and O–H groups in total. The molecule has 0 saturated heterocycles. The van der Waals surface area contributed by atoms with Gasteiger partial charge in [-0.05, 0) is 62.1 Å². The molecule has 6 heteroatoms. The number of rotatable bonds is 13. The lowest BCUT2D eigenvalue weighted by molar-refractivity contribution is -0.130. The predicted molar refractivity (Wildman–Crippen MR) is 136 cm³/mol. The second-order valence-electron chi connectivity index (χ2n) is 10.1. The second kappa shape index (κ2) is 12.3. The normalized spacial score (nSPS) is 22.4. The predicted octanol–water partition coefficient (Wildman–Crippen LogP) is 4.95. The summed E-state index contributed by atoms with van der Waals surface area (Å²) in [6, 6.07) is 4.57. The number of amides is 1. The molecular formula is C27H43N5O. The first-order valence-corrected chi connectivity index (χ1v) is 12.9. The molecule has 3 rings (SSSR count). The van der Waals surface area contributed by atoms with Gasteiger partial charge in [-0.15, -0.1) is 0 Å². The molecule has 2 aliphatic rings. The number of hydrogen-bond donors (Lipinski definition) is 2. The Balaban J connectivity index is 1.49. The molecule has 0 spiro atoms. The topological polar surface area (TPSA) is 83.6 Å². The molecule has 1 saturated carbocycles. The number of likely N-dealkylation sites (N-methyl/N-ethyl adjacent to an activating group) is 1. The summed E-state index contributed by atoms with van der Waals surface area (Å²) in [7, 11) is 1.74. The van der Waals surface area contributed by atoms with E-state index in [1.54, 1.807) is 7.05 Å². The Kier molecular flexibility index (Phi) is 9.48. The first kappa shape index (κ1) is 25.4. The van der Waals surface area contributed by atoms with Crippen LogP contribution in [0.15, 0.2) is 41.7 Å². The van der Waals surface area contributed by atoms with Gasteiger partial charge in [-0.2, -0.15) is 0 Å². The van der Waals surface area contributed by atoms with Gasteiger partial charge < -0.3 is 11.1 Å². The number of aromatic nitrogens is 1.